The Kier molecular flexibility index (Phi) is 5.56. The van der Waals surface area contributed by atoms with Crippen molar-refractivity contribution in [2.24, 2.45) is 5.73 Å². The van der Waals surface area contributed by atoms with Gasteiger partial charge in [-0.3, -0.25) is 0 Å². The Bertz CT molecular complexity index is 330. The second-order valence-electron chi connectivity index (χ2n) is 5.48. The van der Waals surface area contributed by atoms with Crippen molar-refractivity contribution in [3.05, 3.63) is 16.1 Å². The second kappa shape index (κ2) is 6.47. The third-order valence-corrected chi connectivity index (χ3v) is 3.55. The van der Waals surface area contributed by atoms with Crippen LogP contribution in [-0.2, 0) is 16.6 Å². The van der Waals surface area contributed by atoms with Gasteiger partial charge >= 0.3 is 0 Å². The third-order valence-electron chi connectivity index (χ3n) is 2.68. The van der Waals surface area contributed by atoms with E-state index in [4.69, 9.17) is 10.5 Å². The van der Waals surface area contributed by atoms with Crippen LogP contribution in [0.15, 0.2) is 5.38 Å². The molecule has 1 unspecified atom stereocenters. The van der Waals surface area contributed by atoms with Gasteiger partial charge in [0.1, 0.15) is 0 Å². The fourth-order valence-corrected chi connectivity index (χ4v) is 2.68. The van der Waals surface area contributed by atoms with E-state index in [-0.39, 0.29) is 11.5 Å². The van der Waals surface area contributed by atoms with Gasteiger partial charge in [-0.2, -0.15) is 0 Å². The van der Waals surface area contributed by atoms with Gasteiger partial charge in [0.25, 0.3) is 0 Å². The molecule has 2 N–H and O–H groups in total. The van der Waals surface area contributed by atoms with E-state index in [9.17, 15) is 0 Å². The van der Waals surface area contributed by atoms with Gasteiger partial charge < -0.3 is 10.5 Å². The Morgan fingerprint density at radius 1 is 1.47 bits per heavy atom. The molecule has 4 heteroatoms. The average Bonchev–Trinajstić information content (AvgIpc) is 2.66. The van der Waals surface area contributed by atoms with E-state index in [1.54, 1.807) is 18.4 Å². The van der Waals surface area contributed by atoms with Gasteiger partial charge in [0.05, 0.1) is 10.7 Å². The first-order chi connectivity index (χ1) is 7.93. The Labute approximate surface area is 108 Å². The lowest BCUT2D eigenvalue weighted by atomic mass is 9.93. The van der Waals surface area contributed by atoms with E-state index in [1.807, 2.05) is 0 Å². The van der Waals surface area contributed by atoms with Crippen LogP contribution in [0.2, 0.25) is 0 Å². The molecule has 3 nitrogen and oxygen atoms in total. The second-order valence-corrected chi connectivity index (χ2v) is 6.42. The van der Waals surface area contributed by atoms with Crippen molar-refractivity contribution in [3.63, 3.8) is 0 Å². The fraction of sp³-hybridized carbons (Fsp3) is 0.769. The van der Waals surface area contributed by atoms with Gasteiger partial charge in [-0.15, -0.1) is 11.3 Å². The molecule has 0 radical (unpaired) electrons. The van der Waals surface area contributed by atoms with E-state index >= 15 is 0 Å². The Balaban J connectivity index is 2.43. The largest absolute Gasteiger partial charge is 0.385 e. The first-order valence-corrected chi connectivity index (χ1v) is 7.01. The molecule has 0 bridgehead atoms. The molecule has 0 aliphatic rings. The summed E-state index contributed by atoms with van der Waals surface area (Å²) in [5, 5.41) is 3.30. The van der Waals surface area contributed by atoms with Crippen LogP contribution in [0.25, 0.3) is 0 Å². The summed E-state index contributed by atoms with van der Waals surface area (Å²) in [6.07, 6.45) is 2.90. The van der Waals surface area contributed by atoms with E-state index in [0.29, 0.717) is 0 Å². The summed E-state index contributed by atoms with van der Waals surface area (Å²) in [6.45, 7) is 7.35. The average molecular weight is 256 g/mol. The standard InChI is InChI=1S/C13H24N2OS/c1-13(2,3)11-9-17-12(15-11)8-10(14)6-5-7-16-4/h9-10H,5-8,14H2,1-4H3. The quantitative estimate of drug-likeness (QED) is 0.796. The number of rotatable bonds is 6. The zero-order valence-corrected chi connectivity index (χ0v) is 12.1. The first-order valence-electron chi connectivity index (χ1n) is 6.13. The number of aromatic nitrogens is 1. The first kappa shape index (κ1) is 14.6. The molecule has 0 amide bonds. The highest BCUT2D eigenvalue weighted by atomic mass is 32.1. The summed E-state index contributed by atoms with van der Waals surface area (Å²) in [4.78, 5) is 4.66. The molecule has 0 aliphatic carbocycles. The van der Waals surface area contributed by atoms with Crippen LogP contribution in [0.1, 0.15) is 44.3 Å². The fourth-order valence-electron chi connectivity index (χ4n) is 1.57. The Hall–Kier alpha value is -0.450. The van der Waals surface area contributed by atoms with Crippen molar-refractivity contribution >= 4 is 11.3 Å². The van der Waals surface area contributed by atoms with Crippen LogP contribution in [0.4, 0.5) is 0 Å². The van der Waals surface area contributed by atoms with E-state index < -0.39 is 0 Å². The summed E-state index contributed by atoms with van der Waals surface area (Å²) < 4.78 is 5.02. The van der Waals surface area contributed by atoms with Crippen LogP contribution in [0.3, 0.4) is 0 Å². The maximum absolute atomic E-state index is 6.08. The topological polar surface area (TPSA) is 48.1 Å². The summed E-state index contributed by atoms with van der Waals surface area (Å²) >= 11 is 1.72. The van der Waals surface area contributed by atoms with Crippen LogP contribution >= 0.6 is 11.3 Å². The number of thiazole rings is 1. The highest BCUT2D eigenvalue weighted by molar-refractivity contribution is 7.09. The van der Waals surface area contributed by atoms with Gasteiger partial charge in [-0.05, 0) is 12.8 Å². The molecular formula is C13H24N2OS. The minimum Gasteiger partial charge on any atom is -0.385 e. The van der Waals surface area contributed by atoms with Gasteiger partial charge in [-0.25, -0.2) is 4.98 Å². The van der Waals surface area contributed by atoms with Gasteiger partial charge in [-0.1, -0.05) is 20.8 Å². The molecule has 0 aliphatic heterocycles. The highest BCUT2D eigenvalue weighted by Crippen LogP contribution is 2.24. The van der Waals surface area contributed by atoms with Gasteiger partial charge in [0, 0.05) is 37.0 Å². The molecule has 0 saturated heterocycles. The van der Waals surface area contributed by atoms with Crippen LogP contribution < -0.4 is 5.73 Å². The molecule has 1 aromatic rings. The van der Waals surface area contributed by atoms with E-state index in [1.165, 1.54) is 5.69 Å². The lowest BCUT2D eigenvalue weighted by Crippen LogP contribution is -2.23. The Morgan fingerprint density at radius 3 is 2.71 bits per heavy atom. The molecule has 1 rings (SSSR count). The molecule has 0 aromatic carbocycles. The zero-order valence-electron chi connectivity index (χ0n) is 11.3. The van der Waals surface area contributed by atoms with Crippen LogP contribution in [0, 0.1) is 0 Å². The van der Waals surface area contributed by atoms with Crippen LogP contribution in [0.5, 0.6) is 0 Å². The maximum Gasteiger partial charge on any atom is 0.0943 e. The minimum absolute atomic E-state index is 0.134. The Morgan fingerprint density at radius 2 is 2.18 bits per heavy atom. The number of methoxy groups -OCH3 is 1. The normalized spacial score (nSPS) is 13.9. The molecule has 1 heterocycles. The molecule has 1 atom stereocenters. The highest BCUT2D eigenvalue weighted by Gasteiger charge is 2.18. The summed E-state index contributed by atoms with van der Waals surface area (Å²) in [5.41, 5.74) is 7.38. The number of nitrogens with zero attached hydrogens (tertiary/aromatic N) is 1. The number of hydrogen-bond acceptors (Lipinski definition) is 4. The molecule has 0 saturated carbocycles. The smallest absolute Gasteiger partial charge is 0.0943 e. The molecule has 0 spiro atoms. The SMILES string of the molecule is COCCCC(N)Cc1nc(C(C)(C)C)cs1. The van der Waals surface area contributed by atoms with Crippen molar-refractivity contribution in [3.8, 4) is 0 Å². The molecule has 1 aromatic heterocycles. The maximum atomic E-state index is 6.08. The molecule has 17 heavy (non-hydrogen) atoms. The third kappa shape index (κ3) is 5.15. The van der Waals surface area contributed by atoms with E-state index in [0.717, 1.165) is 30.9 Å². The predicted octanol–water partition coefficient (Wildman–Crippen LogP) is 2.74. The number of ether oxygens (including phenoxy) is 1. The van der Waals surface area contributed by atoms with Crippen LogP contribution in [-0.4, -0.2) is 24.7 Å². The molecule has 98 valence electrons. The van der Waals surface area contributed by atoms with Crippen molar-refractivity contribution in [1.82, 2.24) is 4.98 Å². The van der Waals surface area contributed by atoms with Gasteiger partial charge in [0.15, 0.2) is 0 Å². The van der Waals surface area contributed by atoms with Gasteiger partial charge in [0.2, 0.25) is 0 Å². The summed E-state index contributed by atoms with van der Waals surface area (Å²) in [5.74, 6) is 0. The lowest BCUT2D eigenvalue weighted by molar-refractivity contribution is 0.190. The van der Waals surface area contributed by atoms with Crippen molar-refractivity contribution in [2.45, 2.75) is 51.5 Å². The summed E-state index contributed by atoms with van der Waals surface area (Å²) in [6, 6.07) is 0.198. The number of hydrogen-bond donors (Lipinski definition) is 1. The number of nitrogens with two attached hydrogens (primary N) is 1. The lowest BCUT2D eigenvalue weighted by Gasteiger charge is -2.14. The summed E-state index contributed by atoms with van der Waals surface area (Å²) in [7, 11) is 1.72. The van der Waals surface area contributed by atoms with Crippen molar-refractivity contribution < 1.29 is 4.74 Å². The minimum atomic E-state index is 0.134. The monoisotopic (exact) mass is 256 g/mol. The zero-order chi connectivity index (χ0) is 12.9. The van der Waals surface area contributed by atoms with Crippen molar-refractivity contribution in [1.29, 1.82) is 0 Å². The predicted molar refractivity (Wildman–Crippen MR) is 73.6 cm³/mol. The molecular weight excluding hydrogens is 232 g/mol. The van der Waals surface area contributed by atoms with E-state index in [2.05, 4.69) is 31.1 Å². The molecule has 0 fully saturated rings. The van der Waals surface area contributed by atoms with Crippen molar-refractivity contribution in [2.75, 3.05) is 13.7 Å².